The topological polar surface area (TPSA) is 110 Å². The normalized spacial score (nSPS) is 16.3. The highest BCUT2D eigenvalue weighted by Crippen LogP contribution is 2.41. The quantitative estimate of drug-likeness (QED) is 0.0642. The number of hydrogen-bond acceptors (Lipinski definition) is 6. The minimum Gasteiger partial charge on any atom is -0.474 e. The van der Waals surface area contributed by atoms with Crippen LogP contribution in [0.5, 0.6) is 0 Å². The molecule has 0 radical (unpaired) electrons. The molecule has 0 aromatic rings. The molecule has 7 nitrogen and oxygen atoms in total. The highest BCUT2D eigenvalue weighted by molar-refractivity contribution is 7.85. The van der Waals surface area contributed by atoms with Gasteiger partial charge in [-0.25, -0.2) is 4.79 Å². The lowest BCUT2D eigenvalue weighted by Crippen LogP contribution is -2.45. The zero-order chi connectivity index (χ0) is 27.2. The summed E-state index contributed by atoms with van der Waals surface area (Å²) < 4.78 is 36.1. The fraction of sp³-hybridized carbons (Fsp3) is 0.963. The van der Waals surface area contributed by atoms with Crippen LogP contribution in [0, 0.1) is 0 Å². The Kier molecular flexibility index (Phi) is 22.3. The SMILES string of the molecule is CCCCCCCCCCCCS(=O)C(CCCCCCC)C(C)OC(O)(C(=O)O)[P+](=O)OCCC. The molecule has 9 heteroatoms. The fourth-order valence-electron chi connectivity index (χ4n) is 4.18. The average Bonchev–Trinajstić information content (AvgIpc) is 2.85. The van der Waals surface area contributed by atoms with E-state index in [1.165, 1.54) is 44.9 Å². The van der Waals surface area contributed by atoms with Crippen molar-refractivity contribution in [1.82, 2.24) is 0 Å². The Balaban J connectivity index is 4.86. The fourth-order valence-corrected chi connectivity index (χ4v) is 6.82. The zero-order valence-electron chi connectivity index (χ0n) is 23.4. The lowest BCUT2D eigenvalue weighted by atomic mass is 10.1. The lowest BCUT2D eigenvalue weighted by Gasteiger charge is -2.26. The highest BCUT2D eigenvalue weighted by Gasteiger charge is 2.61. The van der Waals surface area contributed by atoms with Gasteiger partial charge >= 0.3 is 19.5 Å². The van der Waals surface area contributed by atoms with Gasteiger partial charge in [0.25, 0.3) is 0 Å². The Bertz CT molecular complexity index is 605. The molecule has 0 aromatic heterocycles. The summed E-state index contributed by atoms with van der Waals surface area (Å²) in [4.78, 5) is 11.7. The van der Waals surface area contributed by atoms with Crippen molar-refractivity contribution in [2.75, 3.05) is 12.4 Å². The molecule has 0 aliphatic rings. The van der Waals surface area contributed by atoms with E-state index in [9.17, 15) is 23.8 Å². The minimum absolute atomic E-state index is 0.0497. The van der Waals surface area contributed by atoms with Gasteiger partial charge < -0.3 is 10.2 Å². The van der Waals surface area contributed by atoms with Crippen LogP contribution >= 0.6 is 8.03 Å². The Hall–Kier alpha value is -0.400. The molecule has 214 valence electrons. The van der Waals surface area contributed by atoms with Crippen molar-refractivity contribution in [2.24, 2.45) is 0 Å². The molecule has 0 saturated heterocycles. The van der Waals surface area contributed by atoms with Gasteiger partial charge in [-0.3, -0.25) is 8.95 Å². The molecule has 0 aromatic carbocycles. The number of unbranched alkanes of at least 4 members (excludes halogenated alkanes) is 13. The van der Waals surface area contributed by atoms with Crippen molar-refractivity contribution in [3.8, 4) is 0 Å². The van der Waals surface area contributed by atoms with Crippen molar-refractivity contribution in [1.29, 1.82) is 0 Å². The smallest absolute Gasteiger partial charge is 0.474 e. The van der Waals surface area contributed by atoms with Crippen LogP contribution in [0.3, 0.4) is 0 Å². The molecule has 5 unspecified atom stereocenters. The van der Waals surface area contributed by atoms with E-state index in [4.69, 9.17) is 9.26 Å². The molecule has 36 heavy (non-hydrogen) atoms. The number of carboxylic acids is 1. The summed E-state index contributed by atoms with van der Waals surface area (Å²) >= 11 is 0. The second-order valence-electron chi connectivity index (χ2n) is 9.83. The summed E-state index contributed by atoms with van der Waals surface area (Å²) in [5, 5.41) is 19.7. The van der Waals surface area contributed by atoms with E-state index in [-0.39, 0.29) is 6.61 Å². The second kappa shape index (κ2) is 22.6. The molecule has 0 aliphatic carbocycles. The summed E-state index contributed by atoms with van der Waals surface area (Å²) in [5.41, 5.74) is -2.95. The first kappa shape index (κ1) is 35.6. The third kappa shape index (κ3) is 15.8. The average molecular weight is 554 g/mol. The summed E-state index contributed by atoms with van der Waals surface area (Å²) in [6, 6.07) is 0. The first-order valence-corrected chi connectivity index (χ1v) is 16.9. The van der Waals surface area contributed by atoms with E-state index in [0.717, 1.165) is 51.4 Å². The van der Waals surface area contributed by atoms with Crippen molar-refractivity contribution >= 4 is 24.8 Å². The van der Waals surface area contributed by atoms with Gasteiger partial charge in [0.05, 0.1) is 11.4 Å². The number of rotatable bonds is 26. The molecular weight excluding hydrogens is 499 g/mol. The first-order valence-electron chi connectivity index (χ1n) is 14.3. The first-order chi connectivity index (χ1) is 17.2. The standard InChI is InChI=1S/C27H53O7PS/c1-5-8-10-12-13-14-15-16-18-20-23-36(32)25(21-19-17-11-9-6-2)24(4)34-27(30,26(28)29)35(31)33-22-7-3/h24-25,30H,5-23H2,1-4H3/p+1. The minimum atomic E-state index is -3.01. The molecule has 0 spiro atoms. The third-order valence-electron chi connectivity index (χ3n) is 6.44. The molecule has 0 bridgehead atoms. The molecule has 0 heterocycles. The van der Waals surface area contributed by atoms with Crippen LogP contribution < -0.4 is 0 Å². The molecule has 0 rings (SSSR count). The molecule has 2 N–H and O–H groups in total. The molecule has 0 aliphatic heterocycles. The highest BCUT2D eigenvalue weighted by atomic mass is 32.2. The largest absolute Gasteiger partial charge is 0.589 e. The number of carboxylic acid groups (broad SMARTS) is 1. The van der Waals surface area contributed by atoms with Crippen molar-refractivity contribution in [2.45, 2.75) is 154 Å². The number of ether oxygens (including phenoxy) is 1. The van der Waals surface area contributed by atoms with Crippen LogP contribution in [0.15, 0.2) is 0 Å². The maximum atomic E-state index is 13.2. The van der Waals surface area contributed by atoms with E-state index in [1.807, 2.05) is 0 Å². The van der Waals surface area contributed by atoms with Crippen molar-refractivity contribution in [3.63, 3.8) is 0 Å². The molecule has 0 amide bonds. The van der Waals surface area contributed by atoms with Crippen LogP contribution in [0.1, 0.15) is 137 Å². The van der Waals surface area contributed by atoms with Gasteiger partial charge in [0.1, 0.15) is 6.61 Å². The van der Waals surface area contributed by atoms with Crippen LogP contribution in [-0.4, -0.2) is 49.6 Å². The van der Waals surface area contributed by atoms with Crippen LogP contribution in [0.25, 0.3) is 0 Å². The second-order valence-corrected chi connectivity index (χ2v) is 13.0. The van der Waals surface area contributed by atoms with Gasteiger partial charge in [-0.05, 0) is 30.8 Å². The summed E-state index contributed by atoms with van der Waals surface area (Å²) in [7, 11) is -4.25. The van der Waals surface area contributed by atoms with E-state index in [1.54, 1.807) is 13.8 Å². The Labute approximate surface area is 223 Å². The van der Waals surface area contributed by atoms with Crippen LogP contribution in [0.2, 0.25) is 0 Å². The zero-order valence-corrected chi connectivity index (χ0v) is 25.1. The maximum absolute atomic E-state index is 13.2. The van der Waals surface area contributed by atoms with Gasteiger partial charge in [-0.1, -0.05) is 111 Å². The number of hydrogen-bond donors (Lipinski definition) is 2. The van der Waals surface area contributed by atoms with Crippen molar-refractivity contribution < 1.29 is 33.0 Å². The Morgan fingerprint density at radius 1 is 0.833 bits per heavy atom. The van der Waals surface area contributed by atoms with E-state index < -0.39 is 41.7 Å². The monoisotopic (exact) mass is 553 g/mol. The summed E-state index contributed by atoms with van der Waals surface area (Å²) in [6.07, 6.45) is 17.5. The van der Waals surface area contributed by atoms with Gasteiger partial charge in [0, 0.05) is 16.6 Å². The summed E-state index contributed by atoms with van der Waals surface area (Å²) in [6.45, 7) is 7.83. The Morgan fingerprint density at radius 3 is 1.78 bits per heavy atom. The van der Waals surface area contributed by atoms with Gasteiger partial charge in [0.15, 0.2) is 0 Å². The third-order valence-corrected chi connectivity index (χ3v) is 9.64. The number of carbonyl (C=O) groups is 1. The van der Waals surface area contributed by atoms with E-state index >= 15 is 0 Å². The van der Waals surface area contributed by atoms with Gasteiger partial charge in [-0.15, -0.1) is 4.52 Å². The van der Waals surface area contributed by atoms with E-state index in [0.29, 0.717) is 18.6 Å². The van der Waals surface area contributed by atoms with E-state index in [2.05, 4.69) is 13.8 Å². The van der Waals surface area contributed by atoms with Crippen LogP contribution in [0.4, 0.5) is 0 Å². The Morgan fingerprint density at radius 2 is 1.31 bits per heavy atom. The number of aliphatic hydroxyl groups is 1. The molecule has 5 atom stereocenters. The van der Waals surface area contributed by atoms with Gasteiger partial charge in [-0.2, -0.15) is 0 Å². The molecule has 0 saturated carbocycles. The molecule has 0 fully saturated rings. The summed E-state index contributed by atoms with van der Waals surface area (Å²) in [5.74, 6) is -1.23. The van der Waals surface area contributed by atoms with Gasteiger partial charge in [0.2, 0.25) is 0 Å². The van der Waals surface area contributed by atoms with Crippen LogP contribution in [-0.2, 0) is 29.4 Å². The predicted octanol–water partition coefficient (Wildman–Crippen LogP) is 7.69. The maximum Gasteiger partial charge on any atom is 0.589 e. The van der Waals surface area contributed by atoms with Crippen molar-refractivity contribution in [3.05, 3.63) is 0 Å². The predicted molar refractivity (Wildman–Crippen MR) is 149 cm³/mol. The number of aliphatic carboxylic acids is 1. The lowest BCUT2D eigenvalue weighted by molar-refractivity contribution is -0.203. The molecular formula is C27H54O7PS+.